The molecule has 0 saturated heterocycles. The Hall–Kier alpha value is -0.640. The highest BCUT2D eigenvalue weighted by Gasteiger charge is 2.28. The molecule has 0 bridgehead atoms. The van der Waals surface area contributed by atoms with E-state index in [0.29, 0.717) is 12.2 Å². The standard InChI is InChI=1S/C13H25O5P/c1-7-16-13(14)8-12(6)9-19(15,17-10(2)3)18-11(4)5/h8,10-11H,7,9H2,1-6H3. The van der Waals surface area contributed by atoms with E-state index in [1.54, 1.807) is 41.5 Å². The minimum atomic E-state index is -3.24. The smallest absolute Gasteiger partial charge is 0.335 e. The summed E-state index contributed by atoms with van der Waals surface area (Å²) in [6.45, 7) is 10.9. The van der Waals surface area contributed by atoms with Crippen molar-refractivity contribution < 1.29 is 23.1 Å². The van der Waals surface area contributed by atoms with Crippen LogP contribution in [0.2, 0.25) is 0 Å². The molecule has 6 heteroatoms. The number of rotatable bonds is 8. The molecule has 0 N–H and O–H groups in total. The van der Waals surface area contributed by atoms with Crippen molar-refractivity contribution in [1.29, 1.82) is 0 Å². The van der Waals surface area contributed by atoms with Crippen LogP contribution >= 0.6 is 7.60 Å². The van der Waals surface area contributed by atoms with Gasteiger partial charge in [0.15, 0.2) is 0 Å². The SMILES string of the molecule is CCOC(=O)C=C(C)CP(=O)(OC(C)C)OC(C)C. The Kier molecular flexibility index (Phi) is 8.23. The first kappa shape index (κ1) is 18.4. The molecule has 0 saturated carbocycles. The molecule has 0 amide bonds. The van der Waals surface area contributed by atoms with Gasteiger partial charge >= 0.3 is 13.6 Å². The highest BCUT2D eigenvalue weighted by molar-refractivity contribution is 7.54. The summed E-state index contributed by atoms with van der Waals surface area (Å²) >= 11 is 0. The molecule has 0 radical (unpaired) electrons. The summed E-state index contributed by atoms with van der Waals surface area (Å²) in [5, 5.41) is 0. The largest absolute Gasteiger partial charge is 0.463 e. The first-order valence-electron chi connectivity index (χ1n) is 6.48. The van der Waals surface area contributed by atoms with Crippen molar-refractivity contribution in [3.63, 3.8) is 0 Å². The quantitative estimate of drug-likeness (QED) is 0.389. The molecule has 0 aromatic carbocycles. The Bertz CT molecular complexity index is 346. The number of carbonyl (C=O) groups is 1. The van der Waals surface area contributed by atoms with Gasteiger partial charge in [0.1, 0.15) is 0 Å². The van der Waals surface area contributed by atoms with E-state index in [9.17, 15) is 9.36 Å². The first-order valence-corrected chi connectivity index (χ1v) is 8.21. The number of carbonyl (C=O) groups excluding carboxylic acids is 1. The van der Waals surface area contributed by atoms with Crippen molar-refractivity contribution in [1.82, 2.24) is 0 Å². The lowest BCUT2D eigenvalue weighted by Crippen LogP contribution is -2.11. The maximum Gasteiger partial charge on any atom is 0.335 e. The van der Waals surface area contributed by atoms with Gasteiger partial charge in [0, 0.05) is 6.08 Å². The molecule has 0 unspecified atom stereocenters. The van der Waals surface area contributed by atoms with Gasteiger partial charge in [-0.25, -0.2) is 4.79 Å². The van der Waals surface area contributed by atoms with E-state index < -0.39 is 13.6 Å². The van der Waals surface area contributed by atoms with Crippen LogP contribution in [-0.2, 0) is 23.1 Å². The van der Waals surface area contributed by atoms with Gasteiger partial charge in [0.2, 0.25) is 0 Å². The Morgan fingerprint density at radius 3 is 2.00 bits per heavy atom. The lowest BCUT2D eigenvalue weighted by Gasteiger charge is -2.22. The lowest BCUT2D eigenvalue weighted by molar-refractivity contribution is -0.137. The van der Waals surface area contributed by atoms with E-state index in [1.807, 2.05) is 0 Å². The Morgan fingerprint density at radius 1 is 1.16 bits per heavy atom. The highest BCUT2D eigenvalue weighted by atomic mass is 31.2. The minimum Gasteiger partial charge on any atom is -0.463 e. The van der Waals surface area contributed by atoms with E-state index in [0.717, 1.165) is 0 Å². The second-order valence-electron chi connectivity index (χ2n) is 4.82. The minimum absolute atomic E-state index is 0.0855. The predicted octanol–water partition coefficient (Wildman–Crippen LogP) is 3.54. The highest BCUT2D eigenvalue weighted by Crippen LogP contribution is 2.51. The third kappa shape index (κ3) is 8.98. The molecule has 0 rings (SSSR count). The molecule has 0 aromatic rings. The second kappa shape index (κ2) is 8.51. The van der Waals surface area contributed by atoms with Gasteiger partial charge in [-0.1, -0.05) is 5.57 Å². The van der Waals surface area contributed by atoms with Crippen LogP contribution in [-0.4, -0.2) is 30.9 Å². The van der Waals surface area contributed by atoms with Crippen LogP contribution in [0.15, 0.2) is 11.6 Å². The number of hydrogen-bond acceptors (Lipinski definition) is 5. The molecule has 112 valence electrons. The predicted molar refractivity (Wildman–Crippen MR) is 75.3 cm³/mol. The van der Waals surface area contributed by atoms with Crippen molar-refractivity contribution in [2.24, 2.45) is 0 Å². The van der Waals surface area contributed by atoms with Crippen LogP contribution in [0.4, 0.5) is 0 Å². The summed E-state index contributed by atoms with van der Waals surface area (Å²) in [6.07, 6.45) is 0.992. The van der Waals surface area contributed by atoms with Gasteiger partial charge in [-0.2, -0.15) is 0 Å². The Labute approximate surface area is 115 Å². The van der Waals surface area contributed by atoms with E-state index in [4.69, 9.17) is 13.8 Å². The van der Waals surface area contributed by atoms with Crippen LogP contribution < -0.4 is 0 Å². The van der Waals surface area contributed by atoms with Crippen LogP contribution in [0.5, 0.6) is 0 Å². The molecule has 19 heavy (non-hydrogen) atoms. The molecule has 5 nitrogen and oxygen atoms in total. The molecule has 0 aromatic heterocycles. The van der Waals surface area contributed by atoms with Crippen molar-refractivity contribution in [3.05, 3.63) is 11.6 Å². The molecule has 0 spiro atoms. The normalized spacial score (nSPS) is 13.2. The van der Waals surface area contributed by atoms with Crippen molar-refractivity contribution >= 4 is 13.6 Å². The van der Waals surface area contributed by atoms with Gasteiger partial charge in [-0.3, -0.25) is 4.57 Å². The number of esters is 1. The molecular formula is C13H25O5P. The number of ether oxygens (including phenoxy) is 1. The molecule has 0 aliphatic heterocycles. The summed E-state index contributed by atoms with van der Waals surface area (Å²) in [4.78, 5) is 11.3. The zero-order valence-electron chi connectivity index (χ0n) is 12.6. The molecular weight excluding hydrogens is 267 g/mol. The monoisotopic (exact) mass is 292 g/mol. The van der Waals surface area contributed by atoms with Crippen LogP contribution in [0.3, 0.4) is 0 Å². The summed E-state index contributed by atoms with van der Waals surface area (Å²) in [6, 6.07) is 0. The summed E-state index contributed by atoms with van der Waals surface area (Å²) < 4.78 is 28.2. The van der Waals surface area contributed by atoms with E-state index in [-0.39, 0.29) is 18.4 Å². The van der Waals surface area contributed by atoms with Gasteiger partial charge in [-0.05, 0) is 41.5 Å². The van der Waals surface area contributed by atoms with Gasteiger partial charge in [0.25, 0.3) is 0 Å². The molecule has 0 atom stereocenters. The molecule has 0 fully saturated rings. The summed E-state index contributed by atoms with van der Waals surface area (Å²) in [7, 11) is -3.24. The van der Waals surface area contributed by atoms with Gasteiger partial charge in [0.05, 0.1) is 25.0 Å². The Morgan fingerprint density at radius 2 is 1.63 bits per heavy atom. The van der Waals surface area contributed by atoms with E-state index in [2.05, 4.69) is 0 Å². The summed E-state index contributed by atoms with van der Waals surface area (Å²) in [5.41, 5.74) is 0.614. The van der Waals surface area contributed by atoms with Crippen LogP contribution in [0.1, 0.15) is 41.5 Å². The Balaban J connectivity index is 4.81. The average Bonchev–Trinajstić information content (AvgIpc) is 2.12. The fraction of sp³-hybridized carbons (Fsp3) is 0.769. The topological polar surface area (TPSA) is 61.8 Å². The third-order valence-corrected chi connectivity index (χ3v) is 4.21. The number of hydrogen-bond donors (Lipinski definition) is 0. The first-order chi connectivity index (χ1) is 8.68. The van der Waals surface area contributed by atoms with Crippen molar-refractivity contribution in [2.75, 3.05) is 12.8 Å². The maximum absolute atomic E-state index is 12.5. The van der Waals surface area contributed by atoms with Crippen LogP contribution in [0.25, 0.3) is 0 Å². The fourth-order valence-electron chi connectivity index (χ4n) is 1.48. The molecule has 0 aliphatic rings. The maximum atomic E-state index is 12.5. The second-order valence-corrected chi connectivity index (χ2v) is 6.78. The average molecular weight is 292 g/mol. The van der Waals surface area contributed by atoms with E-state index >= 15 is 0 Å². The fourth-order valence-corrected chi connectivity index (χ4v) is 3.66. The molecule has 0 heterocycles. The van der Waals surface area contributed by atoms with Crippen molar-refractivity contribution in [2.45, 2.75) is 53.8 Å². The number of allylic oxidation sites excluding steroid dienone is 1. The molecule has 0 aliphatic carbocycles. The van der Waals surface area contributed by atoms with Crippen LogP contribution in [0, 0.1) is 0 Å². The summed E-state index contributed by atoms with van der Waals surface area (Å²) in [5.74, 6) is -0.444. The lowest BCUT2D eigenvalue weighted by atomic mass is 10.3. The zero-order chi connectivity index (χ0) is 15.1. The van der Waals surface area contributed by atoms with Gasteiger partial charge < -0.3 is 13.8 Å². The van der Waals surface area contributed by atoms with Crippen molar-refractivity contribution in [3.8, 4) is 0 Å². The third-order valence-electron chi connectivity index (χ3n) is 1.84. The zero-order valence-corrected chi connectivity index (χ0v) is 13.5. The van der Waals surface area contributed by atoms with E-state index in [1.165, 1.54) is 6.08 Å². The van der Waals surface area contributed by atoms with Gasteiger partial charge in [-0.15, -0.1) is 0 Å².